The number of hydrogen-bond donors (Lipinski definition) is 2. The van der Waals surface area contributed by atoms with Gasteiger partial charge in [-0.2, -0.15) is 5.26 Å². The second-order valence-corrected chi connectivity index (χ2v) is 8.01. The molecule has 0 aliphatic carbocycles. The van der Waals surface area contributed by atoms with Gasteiger partial charge in [-0.25, -0.2) is 4.79 Å². The van der Waals surface area contributed by atoms with Crippen LogP contribution >= 0.6 is 50.1 Å². The minimum Gasteiger partial charge on any atom is -0.480 e. The number of halogens is 3. The normalized spacial score (nSPS) is 10.9. The van der Waals surface area contributed by atoms with Crippen molar-refractivity contribution < 1.29 is 19.4 Å². The Morgan fingerprint density at radius 1 is 1.39 bits per heavy atom. The lowest BCUT2D eigenvalue weighted by Crippen LogP contribution is -2.13. The fraction of sp³-hybridized carbons (Fsp3) is 0.105. The first-order chi connectivity index (χ1) is 13.2. The molecule has 1 amide bonds. The number of carbonyl (C=O) groups excluding carboxylic acids is 1. The highest BCUT2D eigenvalue weighted by atomic mass is 127. The third-order valence-electron chi connectivity index (χ3n) is 3.47. The van der Waals surface area contributed by atoms with E-state index in [4.69, 9.17) is 21.4 Å². The van der Waals surface area contributed by atoms with Crippen LogP contribution in [-0.2, 0) is 9.59 Å². The van der Waals surface area contributed by atoms with E-state index in [0.29, 0.717) is 30.1 Å². The standard InChI is InChI=1S/C19H13BrClIN2O4/c1-10-2-3-13(7-15(10)21)24-19(27)12(8-23)4-11-5-14(20)18(16(22)6-11)28-9-17(25)26/h2-7H,9H2,1H3,(H,24,27)(H,25,26)/b12-4+. The number of carboxylic acid groups (broad SMARTS) is 1. The number of anilines is 1. The van der Waals surface area contributed by atoms with E-state index >= 15 is 0 Å². The molecule has 0 heterocycles. The number of rotatable bonds is 6. The molecule has 0 aliphatic heterocycles. The molecule has 2 aromatic carbocycles. The van der Waals surface area contributed by atoms with Gasteiger partial charge in [-0.05, 0) is 86.9 Å². The molecule has 9 heteroatoms. The van der Waals surface area contributed by atoms with Crippen molar-refractivity contribution >= 4 is 73.8 Å². The number of nitrogens with one attached hydrogen (secondary N) is 1. The van der Waals surface area contributed by atoms with Crippen LogP contribution in [0.1, 0.15) is 11.1 Å². The number of carbonyl (C=O) groups is 2. The van der Waals surface area contributed by atoms with Crippen molar-refractivity contribution in [2.75, 3.05) is 11.9 Å². The van der Waals surface area contributed by atoms with Gasteiger partial charge in [-0.1, -0.05) is 17.7 Å². The van der Waals surface area contributed by atoms with Crippen LogP contribution < -0.4 is 10.1 Å². The molecule has 0 fully saturated rings. The summed E-state index contributed by atoms with van der Waals surface area (Å²) in [5.41, 5.74) is 1.83. The molecule has 144 valence electrons. The van der Waals surface area contributed by atoms with Gasteiger partial charge in [0.2, 0.25) is 0 Å². The summed E-state index contributed by atoms with van der Waals surface area (Å²) in [5.74, 6) is -1.29. The molecular weight excluding hydrogens is 562 g/mol. The quantitative estimate of drug-likeness (QED) is 0.286. The summed E-state index contributed by atoms with van der Waals surface area (Å²) in [4.78, 5) is 23.1. The van der Waals surface area contributed by atoms with Crippen LogP contribution in [0.2, 0.25) is 5.02 Å². The van der Waals surface area contributed by atoms with Crippen LogP contribution in [0.3, 0.4) is 0 Å². The van der Waals surface area contributed by atoms with Gasteiger partial charge in [0, 0.05) is 10.7 Å². The molecule has 2 aromatic rings. The predicted octanol–water partition coefficient (Wildman–Crippen LogP) is 5.02. The van der Waals surface area contributed by atoms with Crippen LogP contribution in [0, 0.1) is 21.8 Å². The Kier molecular flexibility index (Phi) is 7.86. The second-order valence-electron chi connectivity index (χ2n) is 5.58. The first kappa shape index (κ1) is 22.2. The summed E-state index contributed by atoms with van der Waals surface area (Å²) < 4.78 is 6.37. The summed E-state index contributed by atoms with van der Waals surface area (Å²) in [6.45, 7) is 1.37. The molecule has 0 saturated carbocycles. The van der Waals surface area contributed by atoms with Crippen molar-refractivity contribution in [1.29, 1.82) is 5.26 Å². The number of nitriles is 1. The van der Waals surface area contributed by atoms with Crippen LogP contribution in [-0.4, -0.2) is 23.6 Å². The Morgan fingerprint density at radius 3 is 2.68 bits per heavy atom. The van der Waals surface area contributed by atoms with E-state index in [0.717, 1.165) is 5.56 Å². The Labute approximate surface area is 188 Å². The predicted molar refractivity (Wildman–Crippen MR) is 118 cm³/mol. The molecule has 0 aliphatic rings. The van der Waals surface area contributed by atoms with E-state index in [1.165, 1.54) is 6.08 Å². The number of carboxylic acids is 1. The highest BCUT2D eigenvalue weighted by Gasteiger charge is 2.13. The Hall–Kier alpha value is -2.09. The number of benzene rings is 2. The fourth-order valence-electron chi connectivity index (χ4n) is 2.12. The van der Waals surface area contributed by atoms with E-state index in [1.807, 2.05) is 35.6 Å². The molecule has 0 atom stereocenters. The molecule has 0 unspecified atom stereocenters. The first-order valence-electron chi connectivity index (χ1n) is 7.74. The zero-order valence-electron chi connectivity index (χ0n) is 14.4. The van der Waals surface area contributed by atoms with Crippen LogP contribution in [0.5, 0.6) is 5.75 Å². The largest absolute Gasteiger partial charge is 0.480 e. The van der Waals surface area contributed by atoms with E-state index in [9.17, 15) is 14.9 Å². The van der Waals surface area contributed by atoms with Crippen LogP contribution in [0.4, 0.5) is 5.69 Å². The maximum atomic E-state index is 12.4. The summed E-state index contributed by atoms with van der Waals surface area (Å²) in [6.07, 6.45) is 1.43. The number of amides is 1. The SMILES string of the molecule is Cc1ccc(NC(=O)/C(C#N)=C/c2cc(Br)c(OCC(=O)O)c(I)c2)cc1Cl. The van der Waals surface area contributed by atoms with Gasteiger partial charge in [-0.3, -0.25) is 4.79 Å². The summed E-state index contributed by atoms with van der Waals surface area (Å²) in [6, 6.07) is 10.3. The lowest BCUT2D eigenvalue weighted by molar-refractivity contribution is -0.139. The molecule has 0 spiro atoms. The zero-order chi connectivity index (χ0) is 20.8. The third kappa shape index (κ3) is 5.95. The van der Waals surface area contributed by atoms with Gasteiger partial charge >= 0.3 is 5.97 Å². The average molecular weight is 576 g/mol. The number of aliphatic carboxylic acids is 1. The van der Waals surface area contributed by atoms with Crippen LogP contribution in [0.25, 0.3) is 6.08 Å². The molecular formula is C19H13BrClIN2O4. The highest BCUT2D eigenvalue weighted by molar-refractivity contribution is 14.1. The van der Waals surface area contributed by atoms with Crippen molar-refractivity contribution in [2.24, 2.45) is 0 Å². The molecule has 28 heavy (non-hydrogen) atoms. The summed E-state index contributed by atoms with van der Waals surface area (Å²) in [5, 5.41) is 21.2. The van der Waals surface area contributed by atoms with Gasteiger partial charge in [-0.15, -0.1) is 0 Å². The monoisotopic (exact) mass is 574 g/mol. The van der Waals surface area contributed by atoms with Gasteiger partial charge < -0.3 is 15.2 Å². The molecule has 2 rings (SSSR count). The Morgan fingerprint density at radius 2 is 2.11 bits per heavy atom. The molecule has 0 aromatic heterocycles. The summed E-state index contributed by atoms with van der Waals surface area (Å²) in [7, 11) is 0. The van der Waals surface area contributed by atoms with Crippen molar-refractivity contribution in [3.05, 3.63) is 60.1 Å². The number of nitrogens with zero attached hydrogens (tertiary/aromatic N) is 1. The minimum absolute atomic E-state index is 0.0985. The molecule has 2 N–H and O–H groups in total. The average Bonchev–Trinajstić information content (AvgIpc) is 2.61. The Balaban J connectivity index is 2.25. The van der Waals surface area contributed by atoms with E-state index < -0.39 is 18.5 Å². The van der Waals surface area contributed by atoms with Gasteiger partial charge in [0.25, 0.3) is 5.91 Å². The lowest BCUT2D eigenvalue weighted by Gasteiger charge is -2.10. The van der Waals surface area contributed by atoms with Gasteiger partial charge in [0.05, 0.1) is 8.04 Å². The topological polar surface area (TPSA) is 99.4 Å². The van der Waals surface area contributed by atoms with E-state index in [-0.39, 0.29) is 5.57 Å². The smallest absolute Gasteiger partial charge is 0.341 e. The number of aryl methyl sites for hydroxylation is 1. The maximum absolute atomic E-state index is 12.4. The van der Waals surface area contributed by atoms with Crippen molar-refractivity contribution in [3.8, 4) is 11.8 Å². The van der Waals surface area contributed by atoms with E-state index in [2.05, 4.69) is 21.2 Å². The maximum Gasteiger partial charge on any atom is 0.341 e. The fourth-order valence-corrected chi connectivity index (χ4v) is 4.07. The summed E-state index contributed by atoms with van der Waals surface area (Å²) >= 11 is 11.3. The third-order valence-corrected chi connectivity index (χ3v) is 5.26. The van der Waals surface area contributed by atoms with E-state index in [1.54, 1.807) is 30.3 Å². The number of ether oxygens (including phenoxy) is 1. The highest BCUT2D eigenvalue weighted by Crippen LogP contribution is 2.32. The second kappa shape index (κ2) is 9.91. The lowest BCUT2D eigenvalue weighted by atomic mass is 10.1. The Bertz CT molecular complexity index is 994. The molecule has 0 bridgehead atoms. The minimum atomic E-state index is -1.09. The first-order valence-corrected chi connectivity index (χ1v) is 9.99. The van der Waals surface area contributed by atoms with Crippen LogP contribution in [0.15, 0.2) is 40.4 Å². The van der Waals surface area contributed by atoms with Crippen molar-refractivity contribution in [3.63, 3.8) is 0 Å². The van der Waals surface area contributed by atoms with Crippen molar-refractivity contribution in [1.82, 2.24) is 0 Å². The molecule has 6 nitrogen and oxygen atoms in total. The molecule has 0 radical (unpaired) electrons. The number of hydrogen-bond acceptors (Lipinski definition) is 4. The molecule has 0 saturated heterocycles. The van der Waals surface area contributed by atoms with Gasteiger partial charge in [0.1, 0.15) is 17.4 Å². The van der Waals surface area contributed by atoms with Gasteiger partial charge in [0.15, 0.2) is 6.61 Å². The zero-order valence-corrected chi connectivity index (χ0v) is 18.9. The van der Waals surface area contributed by atoms with Crippen molar-refractivity contribution in [2.45, 2.75) is 6.92 Å².